The molecule has 0 radical (unpaired) electrons. The van der Waals surface area contributed by atoms with E-state index in [1.54, 1.807) is 55.1 Å². The second-order valence-corrected chi connectivity index (χ2v) is 11.4. The van der Waals surface area contributed by atoms with Gasteiger partial charge in [-0.2, -0.15) is 4.39 Å². The molecule has 0 unspecified atom stereocenters. The minimum atomic E-state index is -1.07. The standard InChI is InChI=1S/C31H38FN11O6/c1-40-15-20(27(45)35-9-8-25(33)34)22(17-40)38-30(48)24-12-19(14-42(24)3)37-29(47)23-11-18(13-41(23)2)36-26(44)7-5-4-6-10-43-16-21(32)28(46)39-31(43)49/h11-17H,4-10H2,1-3H3,(H3,33,34)(H,35,45)(H,36,44)(H,37,47)(H,38,48)(H,39,46,49). The van der Waals surface area contributed by atoms with Crippen molar-refractivity contribution in [3.63, 3.8) is 0 Å². The van der Waals surface area contributed by atoms with Crippen molar-refractivity contribution < 1.29 is 23.6 Å². The van der Waals surface area contributed by atoms with Gasteiger partial charge < -0.3 is 40.7 Å². The third kappa shape index (κ3) is 9.43. The van der Waals surface area contributed by atoms with E-state index in [9.17, 15) is 33.2 Å². The molecule has 0 atom stereocenters. The van der Waals surface area contributed by atoms with Crippen LogP contribution in [-0.2, 0) is 32.5 Å². The van der Waals surface area contributed by atoms with Crippen molar-refractivity contribution in [1.82, 2.24) is 28.6 Å². The van der Waals surface area contributed by atoms with Crippen LogP contribution in [0.5, 0.6) is 0 Å². The summed E-state index contributed by atoms with van der Waals surface area (Å²) in [7, 11) is 4.98. The number of unbranched alkanes of at least 4 members (excludes halogenated alkanes) is 2. The zero-order valence-electron chi connectivity index (χ0n) is 27.2. The lowest BCUT2D eigenvalue weighted by Gasteiger charge is -2.08. The molecule has 0 aromatic carbocycles. The monoisotopic (exact) mass is 679 g/mol. The van der Waals surface area contributed by atoms with Crippen molar-refractivity contribution in [2.24, 2.45) is 26.9 Å². The summed E-state index contributed by atoms with van der Waals surface area (Å²) in [6.45, 7) is 0.361. The van der Waals surface area contributed by atoms with Gasteiger partial charge in [0, 0.05) is 71.9 Å². The van der Waals surface area contributed by atoms with E-state index in [0.29, 0.717) is 30.6 Å². The maximum atomic E-state index is 13.4. The number of nitrogens with zero attached hydrogens (tertiary/aromatic N) is 4. The number of aryl methyl sites for hydroxylation is 4. The minimum absolute atomic E-state index is 0.0595. The highest BCUT2D eigenvalue weighted by atomic mass is 19.1. The number of aromatic amines is 1. The molecule has 0 fully saturated rings. The number of carbonyl (C=O) groups is 4. The number of nitrogens with one attached hydrogen (secondary N) is 6. The van der Waals surface area contributed by atoms with Crippen LogP contribution in [0.1, 0.15) is 63.4 Å². The van der Waals surface area contributed by atoms with Gasteiger partial charge in [0.1, 0.15) is 11.4 Å². The van der Waals surface area contributed by atoms with Crippen molar-refractivity contribution in [3.8, 4) is 0 Å². The fourth-order valence-corrected chi connectivity index (χ4v) is 4.99. The first-order valence-corrected chi connectivity index (χ1v) is 15.2. The molecule has 0 aliphatic heterocycles. The highest BCUT2D eigenvalue weighted by molar-refractivity contribution is 6.10. The molecule has 18 heteroatoms. The summed E-state index contributed by atoms with van der Waals surface area (Å²) in [4.78, 5) is 76.1. The fraction of sp³-hybridized carbons (Fsp3) is 0.323. The first-order chi connectivity index (χ1) is 23.2. The summed E-state index contributed by atoms with van der Waals surface area (Å²) in [5.41, 5.74) is 5.27. The van der Waals surface area contributed by atoms with Crippen LogP contribution in [0.15, 0.2) is 52.7 Å². The van der Waals surface area contributed by atoms with Crippen LogP contribution >= 0.6 is 0 Å². The quantitative estimate of drug-likeness (QED) is 0.0554. The molecule has 4 aromatic rings. The third-order valence-electron chi connectivity index (χ3n) is 7.42. The van der Waals surface area contributed by atoms with Crippen LogP contribution in [0.2, 0.25) is 0 Å². The molecule has 8 N–H and O–H groups in total. The highest BCUT2D eigenvalue weighted by Crippen LogP contribution is 2.21. The smallest absolute Gasteiger partial charge is 0.328 e. The summed E-state index contributed by atoms with van der Waals surface area (Å²) in [5, 5.41) is 18.2. The average molecular weight is 680 g/mol. The van der Waals surface area contributed by atoms with Gasteiger partial charge in [-0.25, -0.2) is 4.79 Å². The van der Waals surface area contributed by atoms with E-state index in [1.807, 2.05) is 4.98 Å². The zero-order chi connectivity index (χ0) is 35.8. The molecule has 0 aliphatic rings. The van der Waals surface area contributed by atoms with Gasteiger partial charge in [-0.15, -0.1) is 0 Å². The molecule has 0 saturated carbocycles. The number of anilines is 3. The van der Waals surface area contributed by atoms with Crippen molar-refractivity contribution in [1.29, 1.82) is 5.41 Å². The summed E-state index contributed by atoms with van der Waals surface area (Å²) in [5.74, 6) is -2.82. The van der Waals surface area contributed by atoms with Crippen LogP contribution in [0, 0.1) is 11.2 Å². The van der Waals surface area contributed by atoms with Gasteiger partial charge in [-0.1, -0.05) is 6.42 Å². The average Bonchev–Trinajstić information content (AvgIpc) is 3.70. The molecule has 4 amide bonds. The van der Waals surface area contributed by atoms with Gasteiger partial charge in [0.05, 0.1) is 34.7 Å². The van der Waals surface area contributed by atoms with Gasteiger partial charge in [-0.3, -0.25) is 38.9 Å². The van der Waals surface area contributed by atoms with Gasteiger partial charge in [-0.05, 0) is 25.0 Å². The fourth-order valence-electron chi connectivity index (χ4n) is 4.99. The molecule has 17 nitrogen and oxygen atoms in total. The number of hydrogen-bond donors (Lipinski definition) is 7. The maximum absolute atomic E-state index is 13.4. The topological polar surface area (TPSA) is 236 Å². The van der Waals surface area contributed by atoms with E-state index in [4.69, 9.17) is 11.1 Å². The normalized spacial score (nSPS) is 10.9. The molecule has 4 rings (SSSR count). The summed E-state index contributed by atoms with van der Waals surface area (Å²) in [6.07, 6.45) is 9.07. The van der Waals surface area contributed by atoms with Crippen LogP contribution in [0.25, 0.3) is 0 Å². The van der Waals surface area contributed by atoms with Crippen molar-refractivity contribution in [3.05, 3.63) is 86.7 Å². The number of halogens is 1. The number of H-pyrrole nitrogens is 1. The molecule has 4 aromatic heterocycles. The van der Waals surface area contributed by atoms with E-state index in [0.717, 1.165) is 10.8 Å². The molecular formula is C31H38FN11O6. The van der Waals surface area contributed by atoms with Crippen LogP contribution in [-0.4, -0.2) is 59.3 Å². The Hall–Kier alpha value is -6.20. The summed E-state index contributed by atoms with van der Waals surface area (Å²) >= 11 is 0. The number of carbonyl (C=O) groups excluding carboxylic acids is 4. The van der Waals surface area contributed by atoms with Gasteiger partial charge >= 0.3 is 5.69 Å². The number of aromatic nitrogens is 5. The number of amidine groups is 1. The van der Waals surface area contributed by atoms with Gasteiger partial charge in [0.15, 0.2) is 0 Å². The molecule has 0 spiro atoms. The van der Waals surface area contributed by atoms with Gasteiger partial charge in [0.2, 0.25) is 11.7 Å². The largest absolute Gasteiger partial charge is 0.388 e. The van der Waals surface area contributed by atoms with Crippen LogP contribution in [0.4, 0.5) is 21.5 Å². The SMILES string of the molecule is Cn1cc(NC(=O)c2cc(NC(=O)c3cc(NC(=O)CCCCCn4cc(F)c(=O)[nH]c4=O)cn3C)cn2C)c(C(=O)NCCC(=N)N)c1. The third-order valence-corrected chi connectivity index (χ3v) is 7.42. The predicted molar refractivity (Wildman–Crippen MR) is 179 cm³/mol. The second kappa shape index (κ2) is 15.6. The Kier molecular flexibility index (Phi) is 11.3. The Bertz CT molecular complexity index is 2020. The number of hydrogen-bond acceptors (Lipinski definition) is 7. The Morgan fingerprint density at radius 3 is 2.10 bits per heavy atom. The zero-order valence-corrected chi connectivity index (χ0v) is 27.2. The molecular weight excluding hydrogens is 641 g/mol. The summed E-state index contributed by atoms with van der Waals surface area (Å²) in [6, 6.07) is 3.00. The van der Waals surface area contributed by atoms with Crippen molar-refractivity contribution >= 4 is 46.5 Å². The minimum Gasteiger partial charge on any atom is -0.388 e. The molecule has 260 valence electrons. The maximum Gasteiger partial charge on any atom is 0.328 e. The lowest BCUT2D eigenvalue weighted by Crippen LogP contribution is -2.31. The Morgan fingerprint density at radius 1 is 0.816 bits per heavy atom. The highest BCUT2D eigenvalue weighted by Gasteiger charge is 2.20. The van der Waals surface area contributed by atoms with Crippen molar-refractivity contribution in [2.75, 3.05) is 22.5 Å². The van der Waals surface area contributed by atoms with E-state index < -0.39 is 34.8 Å². The van der Waals surface area contributed by atoms with E-state index in [1.165, 1.54) is 16.7 Å². The van der Waals surface area contributed by atoms with Crippen LogP contribution < -0.4 is 38.2 Å². The molecule has 0 bridgehead atoms. The number of rotatable bonds is 15. The first-order valence-electron chi connectivity index (χ1n) is 15.2. The predicted octanol–water partition coefficient (Wildman–Crippen LogP) is 1.45. The number of amides is 4. The Morgan fingerprint density at radius 2 is 1.45 bits per heavy atom. The molecule has 4 heterocycles. The molecule has 0 saturated heterocycles. The first kappa shape index (κ1) is 35.7. The lowest BCUT2D eigenvalue weighted by atomic mass is 10.2. The van der Waals surface area contributed by atoms with Crippen molar-refractivity contribution in [2.45, 2.75) is 38.6 Å². The Balaban J connectivity index is 1.29. The summed E-state index contributed by atoms with van der Waals surface area (Å²) < 4.78 is 19.2. The van der Waals surface area contributed by atoms with E-state index in [2.05, 4.69) is 21.3 Å². The number of nitrogens with two attached hydrogens (primary N) is 1. The molecule has 49 heavy (non-hydrogen) atoms. The second-order valence-electron chi connectivity index (χ2n) is 11.4. The van der Waals surface area contributed by atoms with Gasteiger partial charge in [0.25, 0.3) is 23.3 Å². The van der Waals surface area contributed by atoms with E-state index >= 15 is 0 Å². The van der Waals surface area contributed by atoms with Crippen LogP contribution in [0.3, 0.4) is 0 Å². The van der Waals surface area contributed by atoms with E-state index in [-0.39, 0.29) is 60.3 Å². The molecule has 0 aliphatic carbocycles. The lowest BCUT2D eigenvalue weighted by molar-refractivity contribution is -0.116. The Labute approximate surface area is 278 Å².